The third-order valence-corrected chi connectivity index (χ3v) is 5.02. The molecular formula is C13H12Cl3FN4O. The molecule has 0 bridgehead atoms. The van der Waals surface area contributed by atoms with Gasteiger partial charge in [-0.25, -0.2) is 14.4 Å². The average Bonchev–Trinajstić information content (AvgIpc) is 2.42. The molecular weight excluding hydrogens is 354 g/mol. The Morgan fingerprint density at radius 1 is 1.41 bits per heavy atom. The first kappa shape index (κ1) is 15.9. The SMILES string of the molecule is CC(O)C1(CCl)CN(c2nc(Cl)nc3c(F)c(Cl)ncc23)C1. The highest BCUT2D eigenvalue weighted by Gasteiger charge is 2.47. The van der Waals surface area contributed by atoms with Crippen molar-refractivity contribution in [1.82, 2.24) is 15.0 Å². The van der Waals surface area contributed by atoms with Gasteiger partial charge in [0, 0.05) is 30.6 Å². The highest BCUT2D eigenvalue weighted by Crippen LogP contribution is 2.40. The summed E-state index contributed by atoms with van der Waals surface area (Å²) >= 11 is 17.5. The number of halogens is 4. The van der Waals surface area contributed by atoms with Crippen LogP contribution in [-0.2, 0) is 0 Å². The Bertz CT molecular complexity index is 737. The normalized spacial score (nSPS) is 18.4. The topological polar surface area (TPSA) is 62.1 Å². The van der Waals surface area contributed by atoms with Gasteiger partial charge in [0.2, 0.25) is 5.28 Å². The van der Waals surface area contributed by atoms with E-state index in [9.17, 15) is 9.50 Å². The maximum Gasteiger partial charge on any atom is 0.225 e. The summed E-state index contributed by atoms with van der Waals surface area (Å²) in [5, 5.41) is 9.95. The van der Waals surface area contributed by atoms with Crippen LogP contribution in [0.5, 0.6) is 0 Å². The standard InChI is InChI=1S/C13H12Cl3FN4O/c1-6(22)13(3-14)4-21(5-13)11-7-2-18-10(15)8(17)9(7)19-12(16)20-11/h2,6,22H,3-5H2,1H3. The molecule has 0 spiro atoms. The maximum absolute atomic E-state index is 14.1. The highest BCUT2D eigenvalue weighted by molar-refractivity contribution is 6.30. The predicted octanol–water partition coefficient (Wildman–Crippen LogP) is 2.90. The summed E-state index contributed by atoms with van der Waals surface area (Å²) in [7, 11) is 0. The van der Waals surface area contributed by atoms with Crippen LogP contribution in [0.2, 0.25) is 10.4 Å². The van der Waals surface area contributed by atoms with E-state index in [4.69, 9.17) is 34.8 Å². The summed E-state index contributed by atoms with van der Waals surface area (Å²) in [6.45, 7) is 2.67. The Labute approximate surface area is 141 Å². The molecule has 1 N–H and O–H groups in total. The van der Waals surface area contributed by atoms with Gasteiger partial charge in [0.25, 0.3) is 0 Å². The fourth-order valence-electron chi connectivity index (χ4n) is 2.56. The molecule has 2 aromatic rings. The van der Waals surface area contributed by atoms with Crippen molar-refractivity contribution >= 4 is 51.5 Å². The van der Waals surface area contributed by atoms with Crippen molar-refractivity contribution in [2.75, 3.05) is 23.9 Å². The van der Waals surface area contributed by atoms with E-state index in [0.717, 1.165) is 0 Å². The van der Waals surface area contributed by atoms with Gasteiger partial charge in [-0.05, 0) is 18.5 Å². The molecule has 1 aliphatic rings. The van der Waals surface area contributed by atoms with Crippen LogP contribution in [0.1, 0.15) is 6.92 Å². The number of alkyl halides is 1. The molecule has 5 nitrogen and oxygen atoms in total. The highest BCUT2D eigenvalue weighted by atomic mass is 35.5. The van der Waals surface area contributed by atoms with Gasteiger partial charge in [-0.15, -0.1) is 11.6 Å². The van der Waals surface area contributed by atoms with E-state index < -0.39 is 17.3 Å². The minimum absolute atomic E-state index is 0.0235. The van der Waals surface area contributed by atoms with Crippen LogP contribution in [0, 0.1) is 11.2 Å². The lowest BCUT2D eigenvalue weighted by molar-refractivity contribution is 0.0328. The van der Waals surface area contributed by atoms with E-state index in [1.807, 2.05) is 4.90 Å². The van der Waals surface area contributed by atoms with Crippen molar-refractivity contribution in [3.8, 4) is 0 Å². The van der Waals surface area contributed by atoms with Gasteiger partial charge in [-0.1, -0.05) is 11.6 Å². The maximum atomic E-state index is 14.1. The zero-order valence-corrected chi connectivity index (χ0v) is 13.8. The molecule has 3 rings (SSSR count). The van der Waals surface area contributed by atoms with Crippen LogP contribution in [-0.4, -0.2) is 45.1 Å². The molecule has 0 aliphatic carbocycles. The first-order valence-electron chi connectivity index (χ1n) is 6.54. The predicted molar refractivity (Wildman–Crippen MR) is 84.4 cm³/mol. The first-order chi connectivity index (χ1) is 10.4. The monoisotopic (exact) mass is 364 g/mol. The number of hydrogen-bond acceptors (Lipinski definition) is 5. The molecule has 1 aliphatic heterocycles. The van der Waals surface area contributed by atoms with Crippen molar-refractivity contribution < 1.29 is 9.50 Å². The Morgan fingerprint density at radius 2 is 2.09 bits per heavy atom. The summed E-state index contributed by atoms with van der Waals surface area (Å²) in [4.78, 5) is 13.7. The summed E-state index contributed by atoms with van der Waals surface area (Å²) < 4.78 is 14.1. The summed E-state index contributed by atoms with van der Waals surface area (Å²) in [5.74, 6) is 0.0416. The van der Waals surface area contributed by atoms with E-state index in [-0.39, 0.29) is 16.0 Å². The zero-order valence-electron chi connectivity index (χ0n) is 11.5. The van der Waals surface area contributed by atoms with E-state index in [2.05, 4.69) is 15.0 Å². The van der Waals surface area contributed by atoms with Crippen LogP contribution in [0.15, 0.2) is 6.20 Å². The van der Waals surface area contributed by atoms with Crippen LogP contribution >= 0.6 is 34.8 Å². The van der Waals surface area contributed by atoms with Gasteiger partial charge in [0.05, 0.1) is 11.5 Å². The molecule has 1 unspecified atom stereocenters. The Morgan fingerprint density at radius 3 is 2.68 bits per heavy atom. The third-order valence-electron chi connectivity index (χ3n) is 4.06. The number of aliphatic hydroxyl groups is 1. The van der Waals surface area contributed by atoms with Crippen molar-refractivity contribution in [2.24, 2.45) is 5.41 Å². The smallest absolute Gasteiger partial charge is 0.225 e. The van der Waals surface area contributed by atoms with Gasteiger partial charge in [0.1, 0.15) is 11.3 Å². The molecule has 118 valence electrons. The number of nitrogens with zero attached hydrogens (tertiary/aromatic N) is 4. The lowest BCUT2D eigenvalue weighted by Crippen LogP contribution is -2.63. The number of anilines is 1. The average molecular weight is 366 g/mol. The Hall–Kier alpha value is -0.950. The number of pyridine rings is 1. The minimum atomic E-state index is -0.732. The molecule has 0 saturated carbocycles. The lowest BCUT2D eigenvalue weighted by Gasteiger charge is -2.51. The molecule has 22 heavy (non-hydrogen) atoms. The Kier molecular flexibility index (Phi) is 4.05. The second-order valence-corrected chi connectivity index (χ2v) is 6.43. The van der Waals surface area contributed by atoms with Crippen LogP contribution in [0.3, 0.4) is 0 Å². The lowest BCUT2D eigenvalue weighted by atomic mass is 9.77. The van der Waals surface area contributed by atoms with Gasteiger partial charge >= 0.3 is 0 Å². The number of rotatable bonds is 3. The second-order valence-electron chi connectivity index (χ2n) is 5.47. The molecule has 1 atom stereocenters. The van der Waals surface area contributed by atoms with Gasteiger partial charge in [0.15, 0.2) is 11.0 Å². The third kappa shape index (κ3) is 2.38. The summed E-state index contributed by atoms with van der Waals surface area (Å²) in [6, 6.07) is 0. The van der Waals surface area contributed by atoms with Gasteiger partial charge in [-0.2, -0.15) is 4.98 Å². The van der Waals surface area contributed by atoms with E-state index in [1.54, 1.807) is 6.92 Å². The van der Waals surface area contributed by atoms with Crippen molar-refractivity contribution in [1.29, 1.82) is 0 Å². The number of hydrogen-bond donors (Lipinski definition) is 1. The van der Waals surface area contributed by atoms with Crippen molar-refractivity contribution in [3.63, 3.8) is 0 Å². The van der Waals surface area contributed by atoms with E-state index in [1.165, 1.54) is 6.20 Å². The fraction of sp³-hybridized carbons (Fsp3) is 0.462. The number of aliphatic hydroxyl groups excluding tert-OH is 1. The fourth-order valence-corrected chi connectivity index (χ4v) is 3.25. The zero-order chi connectivity index (χ0) is 16.1. The molecule has 1 saturated heterocycles. The molecule has 2 aromatic heterocycles. The summed E-state index contributed by atoms with van der Waals surface area (Å²) in [5.41, 5.74) is -0.389. The Balaban J connectivity index is 2.05. The molecule has 1 fully saturated rings. The molecule has 3 heterocycles. The first-order valence-corrected chi connectivity index (χ1v) is 7.83. The minimum Gasteiger partial charge on any atom is -0.393 e. The quantitative estimate of drug-likeness (QED) is 0.515. The van der Waals surface area contributed by atoms with Crippen LogP contribution in [0.25, 0.3) is 10.9 Å². The van der Waals surface area contributed by atoms with Crippen molar-refractivity contribution in [2.45, 2.75) is 13.0 Å². The van der Waals surface area contributed by atoms with Gasteiger partial charge in [-0.3, -0.25) is 0 Å². The summed E-state index contributed by atoms with van der Waals surface area (Å²) in [6.07, 6.45) is 0.851. The second kappa shape index (κ2) is 5.60. The largest absolute Gasteiger partial charge is 0.393 e. The van der Waals surface area contributed by atoms with Crippen molar-refractivity contribution in [3.05, 3.63) is 22.5 Å². The van der Waals surface area contributed by atoms with E-state index >= 15 is 0 Å². The van der Waals surface area contributed by atoms with E-state index in [0.29, 0.717) is 30.2 Å². The number of fused-ring (bicyclic) bond motifs is 1. The molecule has 9 heteroatoms. The molecule has 0 amide bonds. The molecule has 0 radical (unpaired) electrons. The van der Waals surface area contributed by atoms with Gasteiger partial charge < -0.3 is 10.0 Å². The van der Waals surface area contributed by atoms with Crippen LogP contribution < -0.4 is 4.90 Å². The molecule has 0 aromatic carbocycles. The van der Waals surface area contributed by atoms with Crippen LogP contribution in [0.4, 0.5) is 10.2 Å². The number of aromatic nitrogens is 3.